The largest absolute Gasteiger partial charge is 0.466 e. The van der Waals surface area contributed by atoms with Gasteiger partial charge in [-0.3, -0.25) is 14.1 Å². The van der Waals surface area contributed by atoms with Crippen LogP contribution in [0.15, 0.2) is 0 Å². The van der Waals surface area contributed by atoms with Crippen LogP contribution in [0.1, 0.15) is 155 Å². The van der Waals surface area contributed by atoms with Gasteiger partial charge in [-0.1, -0.05) is 129 Å². The topological polar surface area (TPSA) is 136 Å². The molecule has 0 bridgehead atoms. The molecule has 2 N–H and O–H groups in total. The third kappa shape index (κ3) is 28.2. The first kappa shape index (κ1) is 39.3. The average molecular weight is 606 g/mol. The molecule has 0 aliphatic carbocycles. The van der Waals surface area contributed by atoms with Crippen molar-refractivity contribution in [1.29, 1.82) is 0 Å². The second-order valence-electron chi connectivity index (χ2n) is 11.1. The molecule has 0 spiro atoms. The van der Waals surface area contributed by atoms with Crippen LogP contribution in [-0.2, 0) is 34.0 Å². The van der Waals surface area contributed by atoms with Crippen LogP contribution < -0.4 is 5.32 Å². The fraction of sp³-hybridized carbons (Fsp3) is 0.903. The lowest BCUT2D eigenvalue weighted by Crippen LogP contribution is -2.44. The van der Waals surface area contributed by atoms with Crippen molar-refractivity contribution >= 4 is 28.0 Å². The number of rotatable bonds is 29. The van der Waals surface area contributed by atoms with E-state index in [1.807, 2.05) is 0 Å². The van der Waals surface area contributed by atoms with Gasteiger partial charge in [-0.25, -0.2) is 4.79 Å². The standard InChI is InChI=1S/C31H59NO8S/c1-3-5-7-9-11-13-15-17-19-21-25-39-30(34)24-23-28(32-29(33)27-41(36,37)38)31(35)40-26-22-20-18-16-14-12-10-8-6-4-2/h28H,3-27H2,1-2H3,(H,32,33)(H,36,37,38). The molecule has 0 aromatic carbocycles. The van der Waals surface area contributed by atoms with Crippen molar-refractivity contribution in [3.63, 3.8) is 0 Å². The molecule has 9 nitrogen and oxygen atoms in total. The molecule has 0 saturated carbocycles. The van der Waals surface area contributed by atoms with Crippen LogP contribution in [0.5, 0.6) is 0 Å². The van der Waals surface area contributed by atoms with E-state index < -0.39 is 39.8 Å². The van der Waals surface area contributed by atoms with E-state index in [-0.39, 0.29) is 19.4 Å². The predicted molar refractivity (Wildman–Crippen MR) is 163 cm³/mol. The number of amides is 1. The van der Waals surface area contributed by atoms with Gasteiger partial charge in [-0.05, 0) is 19.3 Å². The van der Waals surface area contributed by atoms with Gasteiger partial charge in [-0.2, -0.15) is 8.42 Å². The number of carbonyl (C=O) groups is 3. The molecule has 0 heterocycles. The molecule has 0 radical (unpaired) electrons. The monoisotopic (exact) mass is 605 g/mol. The van der Waals surface area contributed by atoms with Gasteiger partial charge in [0, 0.05) is 6.42 Å². The summed E-state index contributed by atoms with van der Waals surface area (Å²) in [5.74, 6) is -3.42. The summed E-state index contributed by atoms with van der Waals surface area (Å²) < 4.78 is 41.5. The summed E-state index contributed by atoms with van der Waals surface area (Å²) in [6.45, 7) is 4.91. The summed E-state index contributed by atoms with van der Waals surface area (Å²) in [6.07, 6.45) is 23.0. The summed E-state index contributed by atoms with van der Waals surface area (Å²) >= 11 is 0. The van der Waals surface area contributed by atoms with Gasteiger partial charge in [0.25, 0.3) is 10.1 Å². The molecule has 0 saturated heterocycles. The molecule has 0 aliphatic heterocycles. The third-order valence-electron chi connectivity index (χ3n) is 7.07. The van der Waals surface area contributed by atoms with Crippen molar-refractivity contribution in [3.05, 3.63) is 0 Å². The number of hydrogen-bond donors (Lipinski definition) is 2. The first-order chi connectivity index (χ1) is 19.7. The zero-order valence-corrected chi connectivity index (χ0v) is 26.8. The minimum Gasteiger partial charge on any atom is -0.466 e. The minimum absolute atomic E-state index is 0.0784. The van der Waals surface area contributed by atoms with Gasteiger partial charge < -0.3 is 14.8 Å². The number of nitrogens with one attached hydrogen (secondary N) is 1. The summed E-state index contributed by atoms with van der Waals surface area (Å²) in [6, 6.07) is -1.20. The maximum atomic E-state index is 12.6. The van der Waals surface area contributed by atoms with Crippen LogP contribution in [-0.4, -0.2) is 55.8 Å². The zero-order valence-electron chi connectivity index (χ0n) is 26.0. The summed E-state index contributed by atoms with van der Waals surface area (Å²) in [5.41, 5.74) is 0. The van der Waals surface area contributed by atoms with E-state index in [1.54, 1.807) is 0 Å². The summed E-state index contributed by atoms with van der Waals surface area (Å²) in [4.78, 5) is 36.7. The van der Waals surface area contributed by atoms with E-state index in [2.05, 4.69) is 19.2 Å². The highest BCUT2D eigenvalue weighted by Gasteiger charge is 2.25. The first-order valence-corrected chi connectivity index (χ1v) is 17.9. The normalized spacial score (nSPS) is 12.2. The van der Waals surface area contributed by atoms with E-state index in [1.165, 1.54) is 83.5 Å². The van der Waals surface area contributed by atoms with Gasteiger partial charge in [-0.15, -0.1) is 0 Å². The lowest BCUT2D eigenvalue weighted by atomic mass is 10.1. The highest BCUT2D eigenvalue weighted by Crippen LogP contribution is 2.12. The smallest absolute Gasteiger partial charge is 0.328 e. The van der Waals surface area contributed by atoms with E-state index in [4.69, 9.17) is 14.0 Å². The third-order valence-corrected chi connectivity index (χ3v) is 7.70. The quantitative estimate of drug-likeness (QED) is 0.0525. The molecule has 0 aromatic rings. The first-order valence-electron chi connectivity index (χ1n) is 16.3. The SMILES string of the molecule is CCCCCCCCCCCCOC(=O)CCC(NC(=O)CS(=O)(=O)O)C(=O)OCCCCCCCCCCCC. The molecule has 1 amide bonds. The lowest BCUT2D eigenvalue weighted by Gasteiger charge is -2.17. The van der Waals surface area contributed by atoms with Crippen molar-refractivity contribution in [3.8, 4) is 0 Å². The molecule has 242 valence electrons. The van der Waals surface area contributed by atoms with E-state index in [0.29, 0.717) is 13.0 Å². The van der Waals surface area contributed by atoms with Gasteiger partial charge in [0.05, 0.1) is 13.2 Å². The Morgan fingerprint density at radius 1 is 0.634 bits per heavy atom. The highest BCUT2D eigenvalue weighted by molar-refractivity contribution is 7.86. The van der Waals surface area contributed by atoms with Crippen molar-refractivity contribution in [2.75, 3.05) is 19.0 Å². The molecular formula is C31H59NO8S. The molecule has 0 aliphatic rings. The Bertz CT molecular complexity index is 772. The van der Waals surface area contributed by atoms with Crippen LogP contribution in [0, 0.1) is 0 Å². The molecule has 10 heteroatoms. The van der Waals surface area contributed by atoms with Crippen LogP contribution in [0.3, 0.4) is 0 Å². The van der Waals surface area contributed by atoms with Gasteiger partial charge in [0.2, 0.25) is 5.91 Å². The van der Waals surface area contributed by atoms with Crippen LogP contribution in [0.2, 0.25) is 0 Å². The molecule has 1 unspecified atom stereocenters. The van der Waals surface area contributed by atoms with Crippen LogP contribution in [0.4, 0.5) is 0 Å². The Labute approximate surface area is 250 Å². The maximum absolute atomic E-state index is 12.6. The number of carbonyl (C=O) groups excluding carboxylic acids is 3. The second-order valence-corrected chi connectivity index (χ2v) is 12.6. The lowest BCUT2D eigenvalue weighted by molar-refractivity contribution is -0.149. The summed E-state index contributed by atoms with van der Waals surface area (Å²) in [7, 11) is -4.55. The van der Waals surface area contributed by atoms with Crippen molar-refractivity contribution in [1.82, 2.24) is 5.32 Å². The Kier molecular flexibility index (Phi) is 26.1. The van der Waals surface area contributed by atoms with E-state index >= 15 is 0 Å². The Morgan fingerprint density at radius 2 is 1.02 bits per heavy atom. The maximum Gasteiger partial charge on any atom is 0.328 e. The van der Waals surface area contributed by atoms with Crippen molar-refractivity contribution in [2.24, 2.45) is 0 Å². The Morgan fingerprint density at radius 3 is 1.44 bits per heavy atom. The Hall–Kier alpha value is -1.68. The highest BCUT2D eigenvalue weighted by atomic mass is 32.2. The minimum atomic E-state index is -4.55. The molecule has 0 aromatic heterocycles. The van der Waals surface area contributed by atoms with Gasteiger partial charge in [0.1, 0.15) is 6.04 Å². The molecule has 1 atom stereocenters. The second kappa shape index (κ2) is 27.2. The number of esters is 2. The van der Waals surface area contributed by atoms with Crippen molar-refractivity contribution in [2.45, 2.75) is 161 Å². The zero-order chi connectivity index (χ0) is 30.6. The number of ether oxygens (including phenoxy) is 2. The fourth-order valence-electron chi connectivity index (χ4n) is 4.62. The summed E-state index contributed by atoms with van der Waals surface area (Å²) in [5, 5.41) is 2.27. The molecular weight excluding hydrogens is 546 g/mol. The van der Waals surface area contributed by atoms with E-state index in [0.717, 1.165) is 38.5 Å². The number of unbranched alkanes of at least 4 members (excludes halogenated alkanes) is 18. The predicted octanol–water partition coefficient (Wildman–Crippen LogP) is 7.07. The molecule has 41 heavy (non-hydrogen) atoms. The van der Waals surface area contributed by atoms with Crippen LogP contribution in [0.25, 0.3) is 0 Å². The molecule has 0 rings (SSSR count). The van der Waals surface area contributed by atoms with Crippen LogP contribution >= 0.6 is 0 Å². The van der Waals surface area contributed by atoms with Gasteiger partial charge >= 0.3 is 11.9 Å². The van der Waals surface area contributed by atoms with Crippen molar-refractivity contribution < 1.29 is 36.8 Å². The van der Waals surface area contributed by atoms with E-state index in [9.17, 15) is 22.8 Å². The fourth-order valence-corrected chi connectivity index (χ4v) is 5.04. The average Bonchev–Trinajstić information content (AvgIpc) is 2.91. The number of hydrogen-bond acceptors (Lipinski definition) is 7. The molecule has 0 fully saturated rings. The van der Waals surface area contributed by atoms with Gasteiger partial charge in [0.15, 0.2) is 5.75 Å². The Balaban J connectivity index is 4.25.